The van der Waals surface area contributed by atoms with Crippen molar-refractivity contribution in [3.8, 4) is 33.8 Å². The van der Waals surface area contributed by atoms with Crippen molar-refractivity contribution in [1.82, 2.24) is 9.97 Å². The summed E-state index contributed by atoms with van der Waals surface area (Å²) in [5.74, 6) is 0. The summed E-state index contributed by atoms with van der Waals surface area (Å²) >= 11 is 0. The van der Waals surface area contributed by atoms with Gasteiger partial charge >= 0.3 is 0 Å². The molecule has 0 aliphatic carbocycles. The summed E-state index contributed by atoms with van der Waals surface area (Å²) in [7, 11) is 0. The molecule has 1 heterocycles. The zero-order valence-electron chi connectivity index (χ0n) is 24.1. The van der Waals surface area contributed by atoms with E-state index in [1.54, 1.807) is 0 Å². The van der Waals surface area contributed by atoms with Crippen LogP contribution in [0.25, 0.3) is 33.8 Å². The second-order valence-electron chi connectivity index (χ2n) is 11.9. The Bertz CT molecular complexity index is 1260. The van der Waals surface area contributed by atoms with Gasteiger partial charge in [-0.2, -0.15) is 0 Å². The van der Waals surface area contributed by atoms with Gasteiger partial charge in [0.05, 0.1) is 29.3 Å². The van der Waals surface area contributed by atoms with Gasteiger partial charge in [0, 0.05) is 37.8 Å². The van der Waals surface area contributed by atoms with Crippen LogP contribution in [0, 0.1) is 23.8 Å². The van der Waals surface area contributed by atoms with Crippen LogP contribution >= 0.6 is 0 Å². The molecule has 2 atom stereocenters. The number of aryl methyl sites for hydroxylation is 1. The quantitative estimate of drug-likeness (QED) is 0.209. The Labute approximate surface area is 247 Å². The zero-order valence-corrected chi connectivity index (χ0v) is 26.5. The summed E-state index contributed by atoms with van der Waals surface area (Å²) in [5.41, 5.74) is 6.37. The minimum Gasteiger partial charge on any atom is -0.392 e. The maximum atomic E-state index is 9.76. The van der Waals surface area contributed by atoms with Crippen molar-refractivity contribution < 1.29 is 30.3 Å². The van der Waals surface area contributed by atoms with Crippen molar-refractivity contribution in [3.05, 3.63) is 96.7 Å². The molecule has 0 amide bonds. The van der Waals surface area contributed by atoms with E-state index in [-0.39, 0.29) is 30.9 Å². The minimum absolute atomic E-state index is 0. The molecule has 0 saturated carbocycles. The fourth-order valence-corrected chi connectivity index (χ4v) is 3.83. The summed E-state index contributed by atoms with van der Waals surface area (Å²) in [4.78, 5) is 9.91. The van der Waals surface area contributed by atoms with Crippen LogP contribution in [-0.2, 0) is 20.1 Å². The van der Waals surface area contributed by atoms with Gasteiger partial charge in [-0.05, 0) is 23.3 Å². The third-order valence-corrected chi connectivity index (χ3v) is 6.57. The summed E-state index contributed by atoms with van der Waals surface area (Å²) < 4.78 is 0. The van der Waals surface area contributed by atoms with Gasteiger partial charge in [0.1, 0.15) is 0 Å². The second-order valence-corrected chi connectivity index (χ2v) is 11.9. The van der Waals surface area contributed by atoms with Crippen LogP contribution < -0.4 is 0 Å². The molecule has 39 heavy (non-hydrogen) atoms. The average molecular weight is 702 g/mol. The molecule has 209 valence electrons. The smallest absolute Gasteiger partial charge is 0.0902 e. The van der Waals surface area contributed by atoms with Gasteiger partial charge in [0.2, 0.25) is 0 Å². The topological polar surface area (TPSA) is 66.2 Å². The van der Waals surface area contributed by atoms with Crippen LogP contribution in [0.5, 0.6) is 0 Å². The van der Waals surface area contributed by atoms with Crippen LogP contribution in [0.3, 0.4) is 0 Å². The molecule has 2 unspecified atom stereocenters. The van der Waals surface area contributed by atoms with Gasteiger partial charge in [-0.1, -0.05) is 102 Å². The summed E-state index contributed by atoms with van der Waals surface area (Å²) in [5, 5.41) is 19.5. The van der Waals surface area contributed by atoms with E-state index < -0.39 is 12.2 Å². The molecule has 4 rings (SSSR count). The molecular formula is C34H41IrN2O2-. The Morgan fingerprint density at radius 2 is 1.10 bits per heavy atom. The molecule has 1 radical (unpaired) electrons. The monoisotopic (exact) mass is 702 g/mol. The van der Waals surface area contributed by atoms with Gasteiger partial charge < -0.3 is 10.2 Å². The van der Waals surface area contributed by atoms with Crippen molar-refractivity contribution in [2.75, 3.05) is 0 Å². The van der Waals surface area contributed by atoms with Crippen molar-refractivity contribution >= 4 is 0 Å². The number of aliphatic hydroxyl groups excluding tert-OH is 2. The molecule has 3 aromatic carbocycles. The van der Waals surface area contributed by atoms with E-state index >= 15 is 0 Å². The maximum absolute atomic E-state index is 9.76. The standard InChI is InChI=1S/C23H17N2.C11H24O2.Ir/c1-17-21(18-11-5-2-6-12-18)25-23(20-15-9-4-10-16-20)22(24-17)19-13-7-3-8-14-19;1-10(2,3)8(12)7-9(13)11(4,5)6;/h2-13,15-16H,1H3;8-9,12-13H,7H2,1-6H3;/q-1;;. The van der Waals surface area contributed by atoms with Crippen molar-refractivity contribution in [1.29, 1.82) is 0 Å². The van der Waals surface area contributed by atoms with Crippen LogP contribution in [0.1, 0.15) is 53.7 Å². The molecule has 0 aliphatic heterocycles. The molecule has 0 fully saturated rings. The van der Waals surface area contributed by atoms with Crippen LogP contribution in [-0.4, -0.2) is 32.4 Å². The van der Waals surface area contributed by atoms with E-state index in [9.17, 15) is 10.2 Å². The van der Waals surface area contributed by atoms with E-state index in [2.05, 4.69) is 30.3 Å². The van der Waals surface area contributed by atoms with E-state index in [0.29, 0.717) is 6.42 Å². The zero-order chi connectivity index (χ0) is 27.9. The number of aromatic nitrogens is 2. The van der Waals surface area contributed by atoms with Crippen molar-refractivity contribution in [3.63, 3.8) is 0 Å². The third kappa shape index (κ3) is 9.18. The van der Waals surface area contributed by atoms with Gasteiger partial charge in [0.15, 0.2) is 0 Å². The number of aliphatic hydroxyl groups is 2. The van der Waals surface area contributed by atoms with Crippen molar-refractivity contribution in [2.24, 2.45) is 10.8 Å². The predicted molar refractivity (Wildman–Crippen MR) is 157 cm³/mol. The summed E-state index contributed by atoms with van der Waals surface area (Å²) in [6.45, 7) is 13.9. The number of benzene rings is 3. The van der Waals surface area contributed by atoms with E-state index in [4.69, 9.17) is 9.97 Å². The molecule has 4 nitrogen and oxygen atoms in total. The Morgan fingerprint density at radius 1 is 0.641 bits per heavy atom. The first-order valence-corrected chi connectivity index (χ1v) is 13.2. The Balaban J connectivity index is 0.000000328. The first-order valence-electron chi connectivity index (χ1n) is 13.2. The number of hydrogen-bond acceptors (Lipinski definition) is 4. The molecular weight excluding hydrogens is 661 g/mol. The van der Waals surface area contributed by atoms with E-state index in [1.807, 2.05) is 109 Å². The van der Waals surface area contributed by atoms with Gasteiger partial charge in [-0.3, -0.25) is 9.97 Å². The molecule has 1 aromatic heterocycles. The number of rotatable bonds is 5. The fraction of sp³-hybridized carbons (Fsp3) is 0.353. The molecule has 0 spiro atoms. The first-order chi connectivity index (χ1) is 17.9. The summed E-state index contributed by atoms with van der Waals surface area (Å²) in [6.07, 6.45) is -0.434. The first kappa shape index (κ1) is 32.5. The minimum atomic E-state index is -0.443. The van der Waals surface area contributed by atoms with Crippen LogP contribution in [0.4, 0.5) is 0 Å². The predicted octanol–water partition coefficient (Wildman–Crippen LogP) is 7.77. The van der Waals surface area contributed by atoms with E-state index in [0.717, 1.165) is 39.5 Å². The molecule has 5 heteroatoms. The van der Waals surface area contributed by atoms with Gasteiger partial charge in [0.25, 0.3) is 0 Å². The largest absolute Gasteiger partial charge is 0.392 e. The number of nitrogens with zero attached hydrogens (tertiary/aromatic N) is 2. The second kappa shape index (κ2) is 14.1. The van der Waals surface area contributed by atoms with Gasteiger partial charge in [-0.25, -0.2) is 0 Å². The Kier molecular flexibility index (Phi) is 11.8. The molecule has 4 aromatic rings. The Hall–Kier alpha value is -2.69. The Morgan fingerprint density at radius 3 is 1.54 bits per heavy atom. The van der Waals surface area contributed by atoms with Crippen molar-refractivity contribution in [2.45, 2.75) is 67.1 Å². The average Bonchev–Trinajstić information content (AvgIpc) is 2.89. The molecule has 2 N–H and O–H groups in total. The molecule has 0 saturated heterocycles. The SMILES string of the molecule is CC(C)(C)C(O)CC(O)C(C)(C)C.Cc1nc(-c2[c-]cccc2)c(-c2ccccc2)nc1-c1ccccc1.[Ir]. The molecule has 0 aliphatic rings. The number of hydrogen-bond donors (Lipinski definition) is 2. The fourth-order valence-electron chi connectivity index (χ4n) is 3.83. The van der Waals surface area contributed by atoms with Crippen LogP contribution in [0.2, 0.25) is 0 Å². The summed E-state index contributed by atoms with van der Waals surface area (Å²) in [6, 6.07) is 31.6. The van der Waals surface area contributed by atoms with Crippen LogP contribution in [0.15, 0.2) is 84.9 Å². The normalized spacial score (nSPS) is 12.9. The van der Waals surface area contributed by atoms with E-state index in [1.165, 1.54) is 0 Å². The maximum Gasteiger partial charge on any atom is 0.0902 e. The van der Waals surface area contributed by atoms with Gasteiger partial charge in [-0.15, -0.1) is 35.9 Å². The third-order valence-electron chi connectivity index (χ3n) is 6.57. The molecule has 0 bridgehead atoms.